The molecule has 1 fully saturated rings. The molecule has 0 bridgehead atoms. The molecule has 1 saturated heterocycles. The van der Waals surface area contributed by atoms with Gasteiger partial charge in [-0.05, 0) is 30.5 Å². The number of anilines is 1. The van der Waals surface area contributed by atoms with Crippen molar-refractivity contribution in [2.75, 3.05) is 32.1 Å². The number of ether oxygens (including phenoxy) is 2. The van der Waals surface area contributed by atoms with Gasteiger partial charge < -0.3 is 35.4 Å². The highest BCUT2D eigenvalue weighted by Crippen LogP contribution is 2.46. The maximum Gasteiger partial charge on any atom is 0.472 e. The molecule has 4 rings (SSSR count). The molecule has 0 amide bonds. The van der Waals surface area contributed by atoms with Crippen molar-refractivity contribution in [2.45, 2.75) is 36.6 Å². The molecular weight excluding hydrogens is 523 g/mol. The minimum absolute atomic E-state index is 0.101. The first-order valence-corrected chi connectivity index (χ1v) is 13.0. The van der Waals surface area contributed by atoms with Crippen LogP contribution in [0.3, 0.4) is 0 Å². The van der Waals surface area contributed by atoms with Gasteiger partial charge in [0.15, 0.2) is 11.4 Å². The van der Waals surface area contributed by atoms with Gasteiger partial charge in [-0.25, -0.2) is 14.1 Å². The molecule has 16 heteroatoms. The number of nitrogen functional groups attached to an aromatic ring is 1. The van der Waals surface area contributed by atoms with Gasteiger partial charge in [-0.15, -0.1) is 0 Å². The molecule has 6 N–H and O–H groups in total. The second-order valence-electron chi connectivity index (χ2n) is 8.56. The zero-order valence-corrected chi connectivity index (χ0v) is 21.1. The minimum Gasteiger partial charge on any atom is -0.394 e. The minimum atomic E-state index is -4.67. The van der Waals surface area contributed by atoms with Gasteiger partial charge in [0.2, 0.25) is 0 Å². The van der Waals surface area contributed by atoms with E-state index in [2.05, 4.69) is 26.8 Å². The van der Waals surface area contributed by atoms with Crippen LogP contribution >= 0.6 is 7.82 Å². The fraction of sp³-hybridized carbons (Fsp3) is 0.455. The Morgan fingerprint density at radius 3 is 2.84 bits per heavy atom. The molecule has 206 valence electrons. The molecule has 6 atom stereocenters. The van der Waals surface area contributed by atoms with E-state index in [1.54, 1.807) is 36.7 Å². The number of rotatable bonds is 13. The van der Waals surface area contributed by atoms with E-state index in [0.717, 1.165) is 5.56 Å². The Morgan fingerprint density at radius 2 is 2.13 bits per heavy atom. The van der Waals surface area contributed by atoms with Gasteiger partial charge in [0, 0.05) is 12.4 Å². The third-order valence-electron chi connectivity index (χ3n) is 6.04. The average molecular weight is 552 g/mol. The van der Waals surface area contributed by atoms with Crippen LogP contribution < -0.4 is 5.73 Å². The van der Waals surface area contributed by atoms with Crippen molar-refractivity contribution in [3.8, 4) is 0 Å². The van der Waals surface area contributed by atoms with Crippen LogP contribution in [0.5, 0.6) is 0 Å². The number of fused-ring (bicyclic) bond motifs is 1. The summed E-state index contributed by atoms with van der Waals surface area (Å²) in [6, 6.07) is 6.69. The number of pyridine rings is 1. The van der Waals surface area contributed by atoms with Crippen LogP contribution in [0.25, 0.3) is 5.52 Å². The predicted octanol–water partition coefficient (Wildman–Crippen LogP) is -0.566. The standard InChI is InChI=1S/C22H29N6O9P/c1-24-12-22(18-5-4-16-21(23)26-13-27-28(16)18)20(31)19(30)17(37-22)11-36-38(32,33)35-10-15(8-29)34-9-14-3-2-6-25-7-14/h2-7,13,15,17,19-20,29-31H,1,8-12H2,(H,32,33)(H2,23,26,27)/t15-,17-,19?,20?,22+/m1/s1. The lowest BCUT2D eigenvalue weighted by molar-refractivity contribution is -0.0950. The lowest BCUT2D eigenvalue weighted by Crippen LogP contribution is -2.44. The fourth-order valence-electron chi connectivity index (χ4n) is 4.12. The first kappa shape index (κ1) is 28.2. The number of hydrogen-bond acceptors (Lipinski definition) is 13. The average Bonchev–Trinajstić information content (AvgIpc) is 3.45. The maximum absolute atomic E-state index is 12.5. The number of aliphatic imine (C=N–C) groups is 1. The van der Waals surface area contributed by atoms with Gasteiger partial charge in [0.25, 0.3) is 0 Å². The SMILES string of the molecule is C=NC[C@@]1(c2ccc3c(N)ncnn23)O[C@H](COP(=O)(O)OC[C@@H](CO)OCc2cccnc2)C(O)C1O. The molecule has 4 heterocycles. The number of phosphoric ester groups is 1. The van der Waals surface area contributed by atoms with Crippen molar-refractivity contribution >= 4 is 25.9 Å². The molecule has 3 unspecified atom stereocenters. The van der Waals surface area contributed by atoms with Crippen molar-refractivity contribution in [2.24, 2.45) is 4.99 Å². The van der Waals surface area contributed by atoms with Gasteiger partial charge in [-0.2, -0.15) is 5.10 Å². The molecule has 3 aromatic rings. The summed E-state index contributed by atoms with van der Waals surface area (Å²) in [5.74, 6) is 0.185. The molecule has 0 spiro atoms. The number of aromatic nitrogens is 4. The monoisotopic (exact) mass is 552 g/mol. The Bertz CT molecular complexity index is 1280. The molecule has 3 aromatic heterocycles. The molecule has 1 aliphatic heterocycles. The van der Waals surface area contributed by atoms with E-state index in [-0.39, 0.29) is 19.0 Å². The topological polar surface area (TPSA) is 216 Å². The van der Waals surface area contributed by atoms with Gasteiger partial charge in [0.1, 0.15) is 36.3 Å². The van der Waals surface area contributed by atoms with E-state index in [1.807, 2.05) is 0 Å². The first-order chi connectivity index (χ1) is 18.2. The van der Waals surface area contributed by atoms with Crippen molar-refractivity contribution in [1.29, 1.82) is 0 Å². The summed E-state index contributed by atoms with van der Waals surface area (Å²) in [5.41, 5.74) is 5.76. The number of aliphatic hydroxyl groups is 3. The summed E-state index contributed by atoms with van der Waals surface area (Å²) < 4.78 is 35.4. The Hall–Kier alpha value is -2.85. The van der Waals surface area contributed by atoms with E-state index in [4.69, 9.17) is 24.3 Å². The number of nitrogens with zero attached hydrogens (tertiary/aromatic N) is 5. The largest absolute Gasteiger partial charge is 0.472 e. The van der Waals surface area contributed by atoms with E-state index >= 15 is 0 Å². The van der Waals surface area contributed by atoms with Crippen molar-refractivity contribution in [3.63, 3.8) is 0 Å². The second-order valence-corrected chi connectivity index (χ2v) is 10.0. The zero-order valence-electron chi connectivity index (χ0n) is 20.2. The van der Waals surface area contributed by atoms with Crippen LogP contribution in [0, 0.1) is 0 Å². The molecule has 0 radical (unpaired) electrons. The lowest BCUT2D eigenvalue weighted by atomic mass is 9.91. The summed E-state index contributed by atoms with van der Waals surface area (Å²) in [5, 5.41) is 35.4. The summed E-state index contributed by atoms with van der Waals surface area (Å²) in [6.45, 7) is 1.83. The summed E-state index contributed by atoms with van der Waals surface area (Å²) >= 11 is 0. The van der Waals surface area contributed by atoms with Gasteiger partial charge >= 0.3 is 7.82 Å². The van der Waals surface area contributed by atoms with Gasteiger partial charge in [-0.1, -0.05) is 6.07 Å². The summed E-state index contributed by atoms with van der Waals surface area (Å²) in [4.78, 5) is 21.9. The Labute approximate surface area is 217 Å². The van der Waals surface area contributed by atoms with Crippen molar-refractivity contribution in [1.82, 2.24) is 19.6 Å². The number of aliphatic hydroxyl groups excluding tert-OH is 3. The zero-order chi connectivity index (χ0) is 27.3. The van der Waals surface area contributed by atoms with E-state index in [0.29, 0.717) is 11.2 Å². The van der Waals surface area contributed by atoms with Crippen LogP contribution in [0.15, 0.2) is 48.0 Å². The normalized spacial score (nSPS) is 25.8. The van der Waals surface area contributed by atoms with Crippen LogP contribution in [-0.2, 0) is 35.3 Å². The molecular formula is C22H29N6O9P. The molecule has 38 heavy (non-hydrogen) atoms. The third-order valence-corrected chi connectivity index (χ3v) is 6.99. The Balaban J connectivity index is 1.40. The highest BCUT2D eigenvalue weighted by atomic mass is 31.2. The molecule has 0 aliphatic carbocycles. The molecule has 1 aliphatic rings. The van der Waals surface area contributed by atoms with E-state index in [1.165, 1.54) is 10.8 Å². The highest BCUT2D eigenvalue weighted by Gasteiger charge is 2.57. The van der Waals surface area contributed by atoms with Crippen LogP contribution in [-0.4, -0.2) is 97.3 Å². The smallest absolute Gasteiger partial charge is 0.394 e. The molecule has 15 nitrogen and oxygen atoms in total. The second kappa shape index (κ2) is 11.9. The quantitative estimate of drug-likeness (QED) is 0.133. The lowest BCUT2D eigenvalue weighted by Gasteiger charge is -2.30. The van der Waals surface area contributed by atoms with E-state index < -0.39 is 57.7 Å². The molecule has 0 saturated carbocycles. The Morgan fingerprint density at radius 1 is 1.32 bits per heavy atom. The number of phosphoric acid groups is 1. The van der Waals surface area contributed by atoms with Gasteiger partial charge in [-0.3, -0.25) is 19.0 Å². The number of nitrogens with two attached hydrogens (primary N) is 1. The van der Waals surface area contributed by atoms with Gasteiger partial charge in [0.05, 0.1) is 38.7 Å². The van der Waals surface area contributed by atoms with Crippen molar-refractivity contribution in [3.05, 3.63) is 54.2 Å². The van der Waals surface area contributed by atoms with E-state index in [9.17, 15) is 24.8 Å². The van der Waals surface area contributed by atoms with Crippen molar-refractivity contribution < 1.29 is 43.3 Å². The maximum atomic E-state index is 12.5. The summed E-state index contributed by atoms with van der Waals surface area (Å²) in [7, 11) is -4.67. The van der Waals surface area contributed by atoms with Crippen LogP contribution in [0.2, 0.25) is 0 Å². The summed E-state index contributed by atoms with van der Waals surface area (Å²) in [6.07, 6.45) is -0.837. The Kier molecular flexibility index (Phi) is 8.82. The third kappa shape index (κ3) is 5.91. The fourth-order valence-corrected chi connectivity index (χ4v) is 4.88. The molecule has 0 aromatic carbocycles. The van der Waals surface area contributed by atoms with Crippen LogP contribution in [0.4, 0.5) is 5.82 Å². The first-order valence-electron chi connectivity index (χ1n) is 11.5. The van der Waals surface area contributed by atoms with Crippen LogP contribution in [0.1, 0.15) is 11.3 Å². The predicted molar refractivity (Wildman–Crippen MR) is 132 cm³/mol. The number of hydrogen-bond donors (Lipinski definition) is 5. The highest BCUT2D eigenvalue weighted by molar-refractivity contribution is 7.47.